The molecule has 1 aromatic heterocycles. The van der Waals surface area contributed by atoms with Crippen LogP contribution in [0.2, 0.25) is 0 Å². The second kappa shape index (κ2) is 9.90. The number of amides is 2. The Morgan fingerprint density at radius 3 is 2.68 bits per heavy atom. The maximum atomic E-state index is 12.4. The van der Waals surface area contributed by atoms with Crippen molar-refractivity contribution in [2.75, 3.05) is 25.0 Å². The minimum Gasteiger partial charge on any atom is -0.395 e. The number of thiazole rings is 1. The maximum absolute atomic E-state index is 12.4. The minimum absolute atomic E-state index is 0.0507. The fourth-order valence-corrected chi connectivity index (χ4v) is 3.01. The molecule has 0 fully saturated rings. The van der Waals surface area contributed by atoms with Gasteiger partial charge in [0.1, 0.15) is 0 Å². The highest BCUT2D eigenvalue weighted by atomic mass is 32.1. The van der Waals surface area contributed by atoms with Crippen molar-refractivity contribution < 1.29 is 14.7 Å². The summed E-state index contributed by atoms with van der Waals surface area (Å²) in [6, 6.07) is 8.90. The first-order valence-electron chi connectivity index (χ1n) is 8.33. The quantitative estimate of drug-likeness (QED) is 0.719. The molecule has 0 spiro atoms. The molecule has 0 aliphatic carbocycles. The van der Waals surface area contributed by atoms with E-state index in [0.29, 0.717) is 29.5 Å². The molecule has 0 unspecified atom stereocenters. The summed E-state index contributed by atoms with van der Waals surface area (Å²) in [6.07, 6.45) is 2.06. The van der Waals surface area contributed by atoms with E-state index in [9.17, 15) is 9.59 Å². The van der Waals surface area contributed by atoms with Gasteiger partial charge in [-0.25, -0.2) is 4.98 Å². The lowest BCUT2D eigenvalue weighted by Gasteiger charge is -2.21. The summed E-state index contributed by atoms with van der Waals surface area (Å²) in [7, 11) is 0. The Hall–Kier alpha value is -2.25. The molecule has 0 atom stereocenters. The fraction of sp³-hybridized carbons (Fsp3) is 0.389. The van der Waals surface area contributed by atoms with Gasteiger partial charge in [-0.15, -0.1) is 11.3 Å². The number of aliphatic hydroxyl groups is 1. The SMILES string of the molecule is CCCCN(CCO)C(=O)Cc1csc(NC(=O)c2ccccc2)n1. The number of rotatable bonds is 9. The number of carbonyl (C=O) groups is 2. The molecule has 7 heteroatoms. The number of aliphatic hydroxyl groups excluding tert-OH is 1. The Morgan fingerprint density at radius 2 is 2.00 bits per heavy atom. The monoisotopic (exact) mass is 361 g/mol. The van der Waals surface area contributed by atoms with Crippen molar-refractivity contribution in [1.82, 2.24) is 9.88 Å². The Labute approximate surface area is 151 Å². The summed E-state index contributed by atoms with van der Waals surface area (Å²) in [4.78, 5) is 30.4. The first kappa shape index (κ1) is 19.1. The number of hydrogen-bond donors (Lipinski definition) is 2. The zero-order valence-corrected chi connectivity index (χ0v) is 15.1. The first-order chi connectivity index (χ1) is 12.1. The van der Waals surface area contributed by atoms with Gasteiger partial charge in [0, 0.05) is 24.0 Å². The van der Waals surface area contributed by atoms with E-state index in [1.807, 2.05) is 6.07 Å². The molecule has 0 radical (unpaired) electrons. The van der Waals surface area contributed by atoms with Gasteiger partial charge in [0.25, 0.3) is 5.91 Å². The number of aromatic nitrogens is 1. The van der Waals surface area contributed by atoms with E-state index in [4.69, 9.17) is 5.11 Å². The topological polar surface area (TPSA) is 82.5 Å². The van der Waals surface area contributed by atoms with Gasteiger partial charge >= 0.3 is 0 Å². The lowest BCUT2D eigenvalue weighted by Crippen LogP contribution is -2.35. The van der Waals surface area contributed by atoms with Crippen LogP contribution >= 0.6 is 11.3 Å². The molecule has 0 saturated heterocycles. The molecule has 2 N–H and O–H groups in total. The Kier molecular flexibility index (Phi) is 7.56. The first-order valence-corrected chi connectivity index (χ1v) is 9.21. The largest absolute Gasteiger partial charge is 0.395 e. The zero-order valence-electron chi connectivity index (χ0n) is 14.3. The van der Waals surface area contributed by atoms with Crippen molar-refractivity contribution in [2.45, 2.75) is 26.2 Å². The predicted molar refractivity (Wildman–Crippen MR) is 98.8 cm³/mol. The van der Waals surface area contributed by atoms with Gasteiger partial charge in [-0.3, -0.25) is 14.9 Å². The Bertz CT molecular complexity index is 688. The summed E-state index contributed by atoms with van der Waals surface area (Å²) in [5, 5.41) is 14.1. The molecular formula is C18H23N3O3S. The van der Waals surface area contributed by atoms with Crippen molar-refractivity contribution in [2.24, 2.45) is 0 Å². The van der Waals surface area contributed by atoms with Crippen LogP contribution < -0.4 is 5.32 Å². The van der Waals surface area contributed by atoms with Crippen LogP contribution in [0.25, 0.3) is 0 Å². The minimum atomic E-state index is -0.224. The van der Waals surface area contributed by atoms with Gasteiger partial charge < -0.3 is 10.0 Å². The van der Waals surface area contributed by atoms with Gasteiger partial charge in [-0.2, -0.15) is 0 Å². The average Bonchev–Trinajstić information content (AvgIpc) is 3.06. The summed E-state index contributed by atoms with van der Waals surface area (Å²) in [5.74, 6) is -0.286. The molecule has 0 saturated carbocycles. The van der Waals surface area contributed by atoms with Crippen molar-refractivity contribution in [3.63, 3.8) is 0 Å². The van der Waals surface area contributed by atoms with Crippen LogP contribution in [-0.2, 0) is 11.2 Å². The van der Waals surface area contributed by atoms with Crippen LogP contribution in [0.4, 0.5) is 5.13 Å². The average molecular weight is 361 g/mol. The smallest absolute Gasteiger partial charge is 0.257 e. The highest BCUT2D eigenvalue weighted by Crippen LogP contribution is 2.17. The molecule has 6 nitrogen and oxygen atoms in total. The van der Waals surface area contributed by atoms with Gasteiger partial charge in [0.2, 0.25) is 5.91 Å². The van der Waals surface area contributed by atoms with E-state index in [2.05, 4.69) is 17.2 Å². The van der Waals surface area contributed by atoms with Crippen LogP contribution in [0.5, 0.6) is 0 Å². The molecule has 134 valence electrons. The van der Waals surface area contributed by atoms with E-state index < -0.39 is 0 Å². The molecule has 25 heavy (non-hydrogen) atoms. The fourth-order valence-electron chi connectivity index (χ4n) is 2.30. The summed E-state index contributed by atoms with van der Waals surface area (Å²) >= 11 is 1.29. The third-order valence-corrected chi connectivity index (χ3v) is 4.45. The van der Waals surface area contributed by atoms with E-state index in [1.165, 1.54) is 11.3 Å². The van der Waals surface area contributed by atoms with Crippen LogP contribution in [0.15, 0.2) is 35.7 Å². The molecule has 0 aliphatic heterocycles. The Morgan fingerprint density at radius 1 is 1.24 bits per heavy atom. The van der Waals surface area contributed by atoms with Gasteiger partial charge in [0.15, 0.2) is 5.13 Å². The molecule has 2 aromatic rings. The van der Waals surface area contributed by atoms with Crippen LogP contribution in [0.3, 0.4) is 0 Å². The van der Waals surface area contributed by atoms with E-state index in [0.717, 1.165) is 12.8 Å². The lowest BCUT2D eigenvalue weighted by atomic mass is 10.2. The molecule has 2 rings (SSSR count). The second-order valence-corrected chi connectivity index (χ2v) is 6.46. The van der Waals surface area contributed by atoms with Crippen LogP contribution in [-0.4, -0.2) is 46.5 Å². The number of benzene rings is 1. The molecule has 1 heterocycles. The van der Waals surface area contributed by atoms with Gasteiger partial charge in [-0.1, -0.05) is 31.5 Å². The van der Waals surface area contributed by atoms with Crippen LogP contribution in [0, 0.1) is 0 Å². The number of unbranched alkanes of at least 4 members (excludes halogenated alkanes) is 1. The van der Waals surface area contributed by atoms with E-state index in [-0.39, 0.29) is 24.8 Å². The number of nitrogens with one attached hydrogen (secondary N) is 1. The van der Waals surface area contributed by atoms with Crippen molar-refractivity contribution >= 4 is 28.3 Å². The second-order valence-electron chi connectivity index (χ2n) is 5.60. The van der Waals surface area contributed by atoms with Gasteiger partial charge in [-0.05, 0) is 18.6 Å². The van der Waals surface area contributed by atoms with Crippen molar-refractivity contribution in [3.8, 4) is 0 Å². The normalized spacial score (nSPS) is 10.5. The molecule has 0 bridgehead atoms. The maximum Gasteiger partial charge on any atom is 0.257 e. The molecule has 2 amide bonds. The number of nitrogens with zero attached hydrogens (tertiary/aromatic N) is 2. The van der Waals surface area contributed by atoms with Crippen molar-refractivity contribution in [1.29, 1.82) is 0 Å². The summed E-state index contributed by atoms with van der Waals surface area (Å²) < 4.78 is 0. The summed E-state index contributed by atoms with van der Waals surface area (Å²) in [5.41, 5.74) is 1.18. The number of carbonyl (C=O) groups excluding carboxylic acids is 2. The lowest BCUT2D eigenvalue weighted by molar-refractivity contribution is -0.131. The highest BCUT2D eigenvalue weighted by molar-refractivity contribution is 7.14. The molecular weight excluding hydrogens is 338 g/mol. The van der Waals surface area contributed by atoms with Crippen LogP contribution in [0.1, 0.15) is 35.8 Å². The standard InChI is InChI=1S/C18H23N3O3S/c1-2-3-9-21(10-11-22)16(23)12-15-13-25-18(19-15)20-17(24)14-7-5-4-6-8-14/h4-8,13,22H,2-3,9-12H2,1H3,(H,19,20,24). The van der Waals surface area contributed by atoms with E-state index >= 15 is 0 Å². The summed E-state index contributed by atoms with van der Waals surface area (Å²) in [6.45, 7) is 2.98. The van der Waals surface area contributed by atoms with E-state index in [1.54, 1.807) is 34.5 Å². The number of anilines is 1. The molecule has 0 aliphatic rings. The molecule has 1 aromatic carbocycles. The van der Waals surface area contributed by atoms with Crippen molar-refractivity contribution in [3.05, 3.63) is 47.0 Å². The third kappa shape index (κ3) is 5.95. The third-order valence-electron chi connectivity index (χ3n) is 3.64. The van der Waals surface area contributed by atoms with Gasteiger partial charge in [0.05, 0.1) is 18.7 Å². The number of hydrogen-bond acceptors (Lipinski definition) is 5. The zero-order chi connectivity index (χ0) is 18.1. The Balaban J connectivity index is 1.93. The highest BCUT2D eigenvalue weighted by Gasteiger charge is 2.16. The predicted octanol–water partition coefficient (Wildman–Crippen LogP) is 2.56.